The molecular formula is C16H21NO4. The molecule has 2 fully saturated rings. The van der Waals surface area contributed by atoms with E-state index in [0.29, 0.717) is 32.1 Å². The molecule has 0 aromatic heterocycles. The van der Waals surface area contributed by atoms with Crippen molar-refractivity contribution in [2.45, 2.75) is 31.7 Å². The third kappa shape index (κ3) is 3.19. The number of piperidine rings is 1. The zero-order valence-electron chi connectivity index (χ0n) is 12.3. The van der Waals surface area contributed by atoms with E-state index in [2.05, 4.69) is 0 Å². The Bertz CT molecular complexity index is 474. The van der Waals surface area contributed by atoms with Crippen LogP contribution >= 0.6 is 0 Å². The Morgan fingerprint density at radius 2 is 1.81 bits per heavy atom. The van der Waals surface area contributed by atoms with Gasteiger partial charge in [0, 0.05) is 25.9 Å². The number of carbonyl (C=O) groups is 1. The molecule has 1 aromatic carbocycles. The molecule has 2 saturated heterocycles. The molecule has 1 aromatic rings. The number of likely N-dealkylation sites (tertiary alicyclic amines) is 1. The molecule has 0 aliphatic carbocycles. The average molecular weight is 291 g/mol. The summed E-state index contributed by atoms with van der Waals surface area (Å²) < 4.78 is 17.0. The van der Waals surface area contributed by atoms with Gasteiger partial charge in [-0.05, 0) is 19.1 Å². The van der Waals surface area contributed by atoms with Gasteiger partial charge in [0.05, 0.1) is 13.2 Å². The second-order valence-corrected chi connectivity index (χ2v) is 5.51. The SMILES string of the molecule is CC(Oc1ccccc1)C(=O)N1CCC2(CC1)OCCO2. The van der Waals surface area contributed by atoms with Crippen LogP contribution in [0, 0.1) is 0 Å². The Morgan fingerprint density at radius 3 is 2.43 bits per heavy atom. The second kappa shape index (κ2) is 6.03. The minimum absolute atomic E-state index is 0.0201. The molecule has 114 valence electrons. The molecule has 1 spiro atoms. The van der Waals surface area contributed by atoms with E-state index in [1.165, 1.54) is 0 Å². The van der Waals surface area contributed by atoms with Gasteiger partial charge in [0.1, 0.15) is 5.75 Å². The van der Waals surface area contributed by atoms with Gasteiger partial charge in [0.25, 0.3) is 5.91 Å². The van der Waals surface area contributed by atoms with Gasteiger partial charge in [-0.3, -0.25) is 4.79 Å². The molecule has 0 radical (unpaired) electrons. The number of hydrogen-bond donors (Lipinski definition) is 0. The van der Waals surface area contributed by atoms with Gasteiger partial charge in [0.2, 0.25) is 0 Å². The van der Waals surface area contributed by atoms with E-state index in [-0.39, 0.29) is 5.91 Å². The highest BCUT2D eigenvalue weighted by atomic mass is 16.7. The first-order valence-electron chi connectivity index (χ1n) is 7.47. The van der Waals surface area contributed by atoms with E-state index in [1.807, 2.05) is 35.2 Å². The lowest BCUT2D eigenvalue weighted by atomic mass is 10.0. The smallest absolute Gasteiger partial charge is 0.263 e. The van der Waals surface area contributed by atoms with E-state index < -0.39 is 11.9 Å². The molecule has 2 aliphatic rings. The zero-order valence-corrected chi connectivity index (χ0v) is 12.3. The van der Waals surface area contributed by atoms with Crippen molar-refractivity contribution >= 4 is 5.91 Å². The molecule has 0 N–H and O–H groups in total. The standard InChI is InChI=1S/C16H21NO4/c1-13(21-14-5-3-2-4-6-14)15(18)17-9-7-16(8-10-17)19-11-12-20-16/h2-6,13H,7-12H2,1H3. The minimum Gasteiger partial charge on any atom is -0.481 e. The minimum atomic E-state index is -0.480. The highest BCUT2D eigenvalue weighted by Crippen LogP contribution is 2.31. The predicted molar refractivity (Wildman–Crippen MR) is 77.0 cm³/mol. The maximum Gasteiger partial charge on any atom is 0.263 e. The number of rotatable bonds is 3. The topological polar surface area (TPSA) is 48.0 Å². The van der Waals surface area contributed by atoms with Crippen LogP contribution in [0.1, 0.15) is 19.8 Å². The van der Waals surface area contributed by atoms with E-state index in [1.54, 1.807) is 6.92 Å². The van der Waals surface area contributed by atoms with E-state index in [9.17, 15) is 4.79 Å². The average Bonchev–Trinajstić information content (AvgIpc) is 2.96. The summed E-state index contributed by atoms with van der Waals surface area (Å²) in [6.45, 7) is 4.41. The van der Waals surface area contributed by atoms with Crippen molar-refractivity contribution in [1.29, 1.82) is 0 Å². The zero-order chi connectivity index (χ0) is 14.7. The van der Waals surface area contributed by atoms with Gasteiger partial charge in [-0.25, -0.2) is 0 Å². The summed E-state index contributed by atoms with van der Waals surface area (Å²) >= 11 is 0. The molecule has 5 nitrogen and oxygen atoms in total. The van der Waals surface area contributed by atoms with Gasteiger partial charge in [-0.15, -0.1) is 0 Å². The summed E-state index contributed by atoms with van der Waals surface area (Å²) in [5.41, 5.74) is 0. The van der Waals surface area contributed by atoms with Gasteiger partial charge in [0.15, 0.2) is 11.9 Å². The number of para-hydroxylation sites is 1. The Kier molecular flexibility index (Phi) is 4.12. The lowest BCUT2D eigenvalue weighted by Gasteiger charge is -2.38. The van der Waals surface area contributed by atoms with Crippen molar-refractivity contribution in [3.05, 3.63) is 30.3 Å². The second-order valence-electron chi connectivity index (χ2n) is 5.51. The maximum absolute atomic E-state index is 12.4. The van der Waals surface area contributed by atoms with Gasteiger partial charge in [-0.1, -0.05) is 18.2 Å². The van der Waals surface area contributed by atoms with Crippen LogP contribution in [0.5, 0.6) is 5.75 Å². The van der Waals surface area contributed by atoms with Crippen LogP contribution < -0.4 is 4.74 Å². The van der Waals surface area contributed by atoms with Crippen LogP contribution in [0.2, 0.25) is 0 Å². The first kappa shape index (κ1) is 14.4. The largest absolute Gasteiger partial charge is 0.481 e. The monoisotopic (exact) mass is 291 g/mol. The van der Waals surface area contributed by atoms with Crippen LogP contribution in [-0.4, -0.2) is 49.0 Å². The molecule has 1 amide bonds. The fraction of sp³-hybridized carbons (Fsp3) is 0.562. The van der Waals surface area contributed by atoms with Gasteiger partial charge in [-0.2, -0.15) is 0 Å². The van der Waals surface area contributed by atoms with Crippen LogP contribution in [0.3, 0.4) is 0 Å². The molecule has 5 heteroatoms. The summed E-state index contributed by atoms with van der Waals surface area (Å²) in [6.07, 6.45) is 0.986. The molecule has 21 heavy (non-hydrogen) atoms. The van der Waals surface area contributed by atoms with Crippen molar-refractivity contribution in [2.75, 3.05) is 26.3 Å². The fourth-order valence-electron chi connectivity index (χ4n) is 2.86. The lowest BCUT2D eigenvalue weighted by molar-refractivity contribution is -0.188. The van der Waals surface area contributed by atoms with Crippen molar-refractivity contribution in [3.8, 4) is 5.75 Å². The number of amides is 1. The molecule has 3 rings (SSSR count). The van der Waals surface area contributed by atoms with Crippen LogP contribution in [0.15, 0.2) is 30.3 Å². The fourth-order valence-corrected chi connectivity index (χ4v) is 2.86. The third-order valence-electron chi connectivity index (χ3n) is 4.05. The summed E-state index contributed by atoms with van der Waals surface area (Å²) in [6, 6.07) is 9.42. The van der Waals surface area contributed by atoms with Gasteiger partial charge < -0.3 is 19.1 Å². The molecule has 2 aliphatic heterocycles. The van der Waals surface area contributed by atoms with Crippen molar-refractivity contribution in [3.63, 3.8) is 0 Å². The maximum atomic E-state index is 12.4. The Morgan fingerprint density at radius 1 is 1.19 bits per heavy atom. The lowest BCUT2D eigenvalue weighted by Crippen LogP contribution is -2.50. The number of nitrogens with zero attached hydrogens (tertiary/aromatic N) is 1. The first-order valence-corrected chi connectivity index (χ1v) is 7.47. The summed E-state index contributed by atoms with van der Waals surface area (Å²) in [5, 5.41) is 0. The number of ether oxygens (including phenoxy) is 3. The van der Waals surface area contributed by atoms with Crippen LogP contribution in [0.4, 0.5) is 0 Å². The van der Waals surface area contributed by atoms with E-state index in [0.717, 1.165) is 12.8 Å². The van der Waals surface area contributed by atoms with Crippen molar-refractivity contribution in [1.82, 2.24) is 4.90 Å². The Hall–Kier alpha value is -1.59. The summed E-state index contributed by atoms with van der Waals surface area (Å²) in [4.78, 5) is 14.3. The van der Waals surface area contributed by atoms with Crippen molar-refractivity contribution < 1.29 is 19.0 Å². The highest BCUT2D eigenvalue weighted by Gasteiger charge is 2.41. The highest BCUT2D eigenvalue weighted by molar-refractivity contribution is 5.81. The normalized spacial score (nSPS) is 22.2. The summed E-state index contributed by atoms with van der Waals surface area (Å²) in [5.74, 6) is 0.293. The quantitative estimate of drug-likeness (QED) is 0.852. The van der Waals surface area contributed by atoms with E-state index in [4.69, 9.17) is 14.2 Å². The summed E-state index contributed by atoms with van der Waals surface area (Å²) in [7, 11) is 0. The molecule has 1 unspecified atom stereocenters. The van der Waals surface area contributed by atoms with Crippen LogP contribution in [-0.2, 0) is 14.3 Å². The Labute approximate surface area is 124 Å². The molecular weight excluding hydrogens is 270 g/mol. The molecule has 0 bridgehead atoms. The molecule has 2 heterocycles. The first-order chi connectivity index (χ1) is 10.2. The number of carbonyl (C=O) groups excluding carboxylic acids is 1. The van der Waals surface area contributed by atoms with Crippen LogP contribution in [0.25, 0.3) is 0 Å². The number of hydrogen-bond acceptors (Lipinski definition) is 4. The van der Waals surface area contributed by atoms with Crippen molar-refractivity contribution in [2.24, 2.45) is 0 Å². The van der Waals surface area contributed by atoms with Gasteiger partial charge >= 0.3 is 0 Å². The number of benzene rings is 1. The van der Waals surface area contributed by atoms with E-state index >= 15 is 0 Å². The molecule has 0 saturated carbocycles. The molecule has 1 atom stereocenters. The predicted octanol–water partition coefficient (Wildman–Crippen LogP) is 1.82. The third-order valence-corrected chi connectivity index (χ3v) is 4.05. The Balaban J connectivity index is 1.54.